The predicted molar refractivity (Wildman–Crippen MR) is 94.4 cm³/mol. The number of carbonyl (C=O) groups excluding carboxylic acids is 1. The molecule has 0 aliphatic carbocycles. The smallest absolute Gasteiger partial charge is 0.224 e. The minimum Gasteiger partial charge on any atom is -0.399 e. The highest BCUT2D eigenvalue weighted by Gasteiger charge is 2.11. The van der Waals surface area contributed by atoms with Crippen LogP contribution in [0.4, 0.5) is 11.4 Å². The Balaban J connectivity index is 2.01. The minimum absolute atomic E-state index is 0.0237. The van der Waals surface area contributed by atoms with E-state index in [1.165, 1.54) is 11.1 Å². The third-order valence-electron chi connectivity index (χ3n) is 3.21. The Morgan fingerprint density at radius 2 is 1.81 bits per heavy atom. The SMILES string of the molecule is Cc1ccccc1CCC(=O)Nc1c(Br)cc(N)cc1Br. The van der Waals surface area contributed by atoms with Crippen molar-refractivity contribution in [3.8, 4) is 0 Å². The van der Waals surface area contributed by atoms with Gasteiger partial charge >= 0.3 is 0 Å². The second kappa shape index (κ2) is 7.09. The van der Waals surface area contributed by atoms with Gasteiger partial charge < -0.3 is 11.1 Å². The molecule has 110 valence electrons. The topological polar surface area (TPSA) is 55.1 Å². The summed E-state index contributed by atoms with van der Waals surface area (Å²) in [5.41, 5.74) is 9.48. The molecule has 21 heavy (non-hydrogen) atoms. The highest BCUT2D eigenvalue weighted by atomic mass is 79.9. The molecular weight excluding hydrogens is 396 g/mol. The molecule has 0 radical (unpaired) electrons. The van der Waals surface area contributed by atoms with Crippen LogP contribution >= 0.6 is 31.9 Å². The number of anilines is 2. The van der Waals surface area contributed by atoms with Crippen molar-refractivity contribution in [1.29, 1.82) is 0 Å². The van der Waals surface area contributed by atoms with Crippen molar-refractivity contribution < 1.29 is 4.79 Å². The highest BCUT2D eigenvalue weighted by molar-refractivity contribution is 9.11. The zero-order chi connectivity index (χ0) is 15.4. The van der Waals surface area contributed by atoms with Gasteiger partial charge in [-0.2, -0.15) is 0 Å². The fourth-order valence-electron chi connectivity index (χ4n) is 2.05. The molecule has 1 amide bonds. The van der Waals surface area contributed by atoms with E-state index < -0.39 is 0 Å². The molecule has 2 aromatic carbocycles. The van der Waals surface area contributed by atoms with E-state index in [0.29, 0.717) is 17.8 Å². The minimum atomic E-state index is -0.0237. The van der Waals surface area contributed by atoms with Gasteiger partial charge in [0, 0.05) is 21.1 Å². The third kappa shape index (κ3) is 4.32. The van der Waals surface area contributed by atoms with E-state index in [-0.39, 0.29) is 5.91 Å². The van der Waals surface area contributed by atoms with Gasteiger partial charge in [-0.1, -0.05) is 24.3 Å². The van der Waals surface area contributed by atoms with E-state index in [4.69, 9.17) is 5.73 Å². The van der Waals surface area contributed by atoms with Crippen LogP contribution in [0, 0.1) is 6.92 Å². The van der Waals surface area contributed by atoms with Gasteiger partial charge in [0.05, 0.1) is 5.69 Å². The first kappa shape index (κ1) is 16.0. The lowest BCUT2D eigenvalue weighted by atomic mass is 10.0. The standard InChI is InChI=1S/C16H16Br2N2O/c1-10-4-2-3-5-11(10)6-7-15(21)20-16-13(17)8-12(19)9-14(16)18/h2-5,8-9H,6-7,19H2,1H3,(H,20,21). The lowest BCUT2D eigenvalue weighted by molar-refractivity contribution is -0.116. The summed E-state index contributed by atoms with van der Waals surface area (Å²) in [4.78, 5) is 12.1. The first-order chi connectivity index (χ1) is 9.97. The number of nitrogen functional groups attached to an aromatic ring is 1. The van der Waals surface area contributed by atoms with Crippen LogP contribution in [-0.4, -0.2) is 5.91 Å². The first-order valence-electron chi connectivity index (χ1n) is 6.56. The number of hydrogen-bond donors (Lipinski definition) is 2. The molecule has 0 atom stereocenters. The van der Waals surface area contributed by atoms with E-state index in [9.17, 15) is 4.79 Å². The van der Waals surface area contributed by atoms with Crippen molar-refractivity contribution in [3.63, 3.8) is 0 Å². The van der Waals surface area contributed by atoms with Gasteiger partial charge in [0.15, 0.2) is 0 Å². The van der Waals surface area contributed by atoms with Gasteiger partial charge in [0.2, 0.25) is 5.91 Å². The lowest BCUT2D eigenvalue weighted by Crippen LogP contribution is -2.13. The molecule has 0 fully saturated rings. The molecule has 3 nitrogen and oxygen atoms in total. The number of aryl methyl sites for hydroxylation is 2. The largest absolute Gasteiger partial charge is 0.399 e. The number of hydrogen-bond acceptors (Lipinski definition) is 2. The van der Waals surface area contributed by atoms with Crippen LogP contribution < -0.4 is 11.1 Å². The summed E-state index contributed by atoms with van der Waals surface area (Å²) >= 11 is 6.82. The summed E-state index contributed by atoms with van der Waals surface area (Å²) in [5.74, 6) is -0.0237. The van der Waals surface area contributed by atoms with E-state index in [0.717, 1.165) is 15.4 Å². The maximum atomic E-state index is 12.1. The van der Waals surface area contributed by atoms with Gasteiger partial charge in [0.25, 0.3) is 0 Å². The van der Waals surface area contributed by atoms with E-state index in [1.54, 1.807) is 12.1 Å². The second-order valence-corrected chi connectivity index (χ2v) is 6.54. The molecule has 0 aliphatic heterocycles. The quantitative estimate of drug-likeness (QED) is 0.718. The summed E-state index contributed by atoms with van der Waals surface area (Å²) in [6.07, 6.45) is 1.16. The van der Waals surface area contributed by atoms with Crippen molar-refractivity contribution in [3.05, 3.63) is 56.5 Å². The fraction of sp³-hybridized carbons (Fsp3) is 0.188. The van der Waals surface area contributed by atoms with Crippen molar-refractivity contribution in [1.82, 2.24) is 0 Å². The van der Waals surface area contributed by atoms with Crippen molar-refractivity contribution >= 4 is 49.1 Å². The van der Waals surface area contributed by atoms with Gasteiger partial charge in [-0.15, -0.1) is 0 Å². The Hall–Kier alpha value is -1.33. The zero-order valence-electron chi connectivity index (χ0n) is 11.6. The maximum absolute atomic E-state index is 12.1. The number of rotatable bonds is 4. The molecule has 0 bridgehead atoms. The highest BCUT2D eigenvalue weighted by Crippen LogP contribution is 2.33. The molecule has 0 aromatic heterocycles. The van der Waals surface area contributed by atoms with Crippen LogP contribution in [0.5, 0.6) is 0 Å². The summed E-state index contributed by atoms with van der Waals surface area (Å²) in [7, 11) is 0. The van der Waals surface area contributed by atoms with Crippen molar-refractivity contribution in [2.45, 2.75) is 19.8 Å². The number of nitrogens with two attached hydrogens (primary N) is 1. The van der Waals surface area contributed by atoms with Crippen LogP contribution in [0.25, 0.3) is 0 Å². The van der Waals surface area contributed by atoms with Crippen molar-refractivity contribution in [2.24, 2.45) is 0 Å². The molecule has 2 aromatic rings. The first-order valence-corrected chi connectivity index (χ1v) is 8.15. The van der Waals surface area contributed by atoms with Crippen molar-refractivity contribution in [2.75, 3.05) is 11.1 Å². The average molecular weight is 412 g/mol. The average Bonchev–Trinajstić information content (AvgIpc) is 2.42. The molecule has 0 unspecified atom stereocenters. The van der Waals surface area contributed by atoms with E-state index in [2.05, 4.69) is 56.2 Å². The molecule has 0 aliphatic rings. The number of nitrogens with one attached hydrogen (secondary N) is 1. The number of benzene rings is 2. The van der Waals surface area contributed by atoms with Crippen LogP contribution in [0.15, 0.2) is 45.3 Å². The van der Waals surface area contributed by atoms with Crippen LogP contribution in [0.2, 0.25) is 0 Å². The number of halogens is 2. The summed E-state index contributed by atoms with van der Waals surface area (Å²) in [6.45, 7) is 2.06. The second-order valence-electron chi connectivity index (χ2n) is 4.83. The van der Waals surface area contributed by atoms with E-state index >= 15 is 0 Å². The molecule has 0 saturated carbocycles. The van der Waals surface area contributed by atoms with Crippen LogP contribution in [-0.2, 0) is 11.2 Å². The molecule has 5 heteroatoms. The van der Waals surface area contributed by atoms with Gasteiger partial charge in [0.1, 0.15) is 0 Å². The number of amides is 1. The Morgan fingerprint density at radius 3 is 2.43 bits per heavy atom. The Labute approximate surface area is 141 Å². The molecule has 0 spiro atoms. The van der Waals surface area contributed by atoms with Crippen LogP contribution in [0.3, 0.4) is 0 Å². The molecule has 0 saturated heterocycles. The summed E-state index contributed by atoms with van der Waals surface area (Å²) in [6, 6.07) is 11.6. The van der Waals surface area contributed by atoms with Crippen LogP contribution in [0.1, 0.15) is 17.5 Å². The zero-order valence-corrected chi connectivity index (χ0v) is 14.8. The Kier molecular flexibility index (Phi) is 5.42. The normalized spacial score (nSPS) is 10.4. The van der Waals surface area contributed by atoms with Gasteiger partial charge in [-0.25, -0.2) is 0 Å². The molecule has 0 heterocycles. The van der Waals surface area contributed by atoms with Gasteiger partial charge in [-0.05, 0) is 68.5 Å². The Bertz CT molecular complexity index is 648. The molecule has 2 rings (SSSR count). The van der Waals surface area contributed by atoms with E-state index in [1.807, 2.05) is 12.1 Å². The monoisotopic (exact) mass is 410 g/mol. The lowest BCUT2D eigenvalue weighted by Gasteiger charge is -2.11. The summed E-state index contributed by atoms with van der Waals surface area (Å²) < 4.78 is 1.53. The number of carbonyl (C=O) groups is 1. The fourth-order valence-corrected chi connectivity index (χ4v) is 3.47. The van der Waals surface area contributed by atoms with Gasteiger partial charge in [-0.3, -0.25) is 4.79 Å². The molecular formula is C16H16Br2N2O. The molecule has 3 N–H and O–H groups in total. The third-order valence-corrected chi connectivity index (χ3v) is 4.46. The summed E-state index contributed by atoms with van der Waals surface area (Å²) in [5, 5.41) is 2.91. The Morgan fingerprint density at radius 1 is 1.19 bits per heavy atom. The predicted octanol–water partition coefficient (Wildman–Crippen LogP) is 4.67. The maximum Gasteiger partial charge on any atom is 0.224 e.